The quantitative estimate of drug-likeness (QED) is 0.794. The summed E-state index contributed by atoms with van der Waals surface area (Å²) in [5.74, 6) is -1.24. The van der Waals surface area contributed by atoms with Crippen molar-refractivity contribution in [3.63, 3.8) is 0 Å². The Kier molecular flexibility index (Phi) is 4.16. The van der Waals surface area contributed by atoms with Gasteiger partial charge < -0.3 is 15.1 Å². The van der Waals surface area contributed by atoms with E-state index >= 15 is 0 Å². The number of carbonyl (C=O) groups excluding carboxylic acids is 1. The van der Waals surface area contributed by atoms with E-state index in [-0.39, 0.29) is 17.6 Å². The first-order chi connectivity index (χ1) is 10.9. The van der Waals surface area contributed by atoms with Crippen LogP contribution in [0.25, 0.3) is 0 Å². The number of aliphatic hydroxyl groups is 1. The molecule has 2 N–H and O–H groups in total. The van der Waals surface area contributed by atoms with Gasteiger partial charge in [0.25, 0.3) is 0 Å². The van der Waals surface area contributed by atoms with E-state index in [1.165, 1.54) is 16.7 Å². The highest BCUT2D eigenvalue weighted by molar-refractivity contribution is 8.02. The first-order valence-electron chi connectivity index (χ1n) is 7.42. The molecule has 0 saturated carbocycles. The summed E-state index contributed by atoms with van der Waals surface area (Å²) in [5, 5.41) is 19.2. The molecule has 1 amide bonds. The number of aromatic nitrogens is 1. The third kappa shape index (κ3) is 2.74. The first-order valence-corrected chi connectivity index (χ1v) is 8.40. The second kappa shape index (κ2) is 5.98. The van der Waals surface area contributed by atoms with Gasteiger partial charge in [0, 0.05) is 29.0 Å². The molecule has 0 aliphatic carbocycles. The molecule has 1 unspecified atom stereocenters. The Labute approximate surface area is 138 Å². The number of β-lactam (4-membered cyclic amide) rings is 1. The smallest absolute Gasteiger partial charge is 0.353 e. The maximum atomic E-state index is 12.1. The zero-order valence-corrected chi connectivity index (χ0v) is 13.7. The van der Waals surface area contributed by atoms with Crippen molar-refractivity contribution in [3.05, 3.63) is 40.2 Å². The molecule has 1 aromatic rings. The van der Waals surface area contributed by atoms with Gasteiger partial charge in [0.1, 0.15) is 5.70 Å². The number of amides is 1. The van der Waals surface area contributed by atoms with E-state index in [9.17, 15) is 19.8 Å². The van der Waals surface area contributed by atoms with Crippen LogP contribution in [0.5, 0.6) is 0 Å². The molecule has 1 saturated heterocycles. The summed E-state index contributed by atoms with van der Waals surface area (Å²) >= 11 is 1.44. The minimum atomic E-state index is -1.08. The monoisotopic (exact) mass is 334 g/mol. The van der Waals surface area contributed by atoms with Crippen LogP contribution in [0.1, 0.15) is 24.6 Å². The summed E-state index contributed by atoms with van der Waals surface area (Å²) in [6, 6.07) is 3.63. The van der Waals surface area contributed by atoms with E-state index in [2.05, 4.69) is 4.98 Å². The molecule has 0 radical (unpaired) electrons. The summed E-state index contributed by atoms with van der Waals surface area (Å²) in [6.45, 7) is 3.48. The van der Waals surface area contributed by atoms with Crippen LogP contribution in [0.4, 0.5) is 0 Å². The number of fused-ring (bicyclic) bond motifs is 1. The zero-order chi connectivity index (χ0) is 16.7. The van der Waals surface area contributed by atoms with Crippen LogP contribution in [-0.4, -0.2) is 44.1 Å². The van der Waals surface area contributed by atoms with E-state index < -0.39 is 18.0 Å². The van der Waals surface area contributed by atoms with E-state index in [0.717, 1.165) is 11.3 Å². The van der Waals surface area contributed by atoms with Crippen molar-refractivity contribution < 1.29 is 19.8 Å². The molecule has 2 aliphatic rings. The third-order valence-electron chi connectivity index (χ3n) is 4.26. The summed E-state index contributed by atoms with van der Waals surface area (Å²) in [5.41, 5.74) is 2.05. The molecular formula is C16H18N2O4S. The number of pyridine rings is 1. The fourth-order valence-corrected chi connectivity index (χ4v) is 4.36. The van der Waals surface area contributed by atoms with Crippen molar-refractivity contribution in [2.45, 2.75) is 38.2 Å². The highest BCUT2D eigenvalue weighted by Gasteiger charge is 2.56. The molecular weight excluding hydrogens is 316 g/mol. The molecule has 3 heterocycles. The number of aryl methyl sites for hydroxylation is 1. The van der Waals surface area contributed by atoms with Crippen molar-refractivity contribution in [1.82, 2.24) is 9.88 Å². The Hall–Kier alpha value is -1.86. The van der Waals surface area contributed by atoms with Crippen molar-refractivity contribution in [2.24, 2.45) is 5.92 Å². The molecule has 1 aromatic heterocycles. The van der Waals surface area contributed by atoms with Crippen LogP contribution in [0, 0.1) is 12.8 Å². The second-order valence-corrected chi connectivity index (χ2v) is 6.99. The minimum absolute atomic E-state index is 0.0766. The summed E-state index contributed by atoms with van der Waals surface area (Å²) in [4.78, 5) is 29.8. The maximum Gasteiger partial charge on any atom is 0.353 e. The molecule has 0 bridgehead atoms. The van der Waals surface area contributed by atoms with Crippen molar-refractivity contribution in [1.29, 1.82) is 0 Å². The number of hydrogen-bond donors (Lipinski definition) is 2. The van der Waals surface area contributed by atoms with Crippen LogP contribution in [-0.2, 0) is 15.3 Å². The molecule has 0 spiro atoms. The Morgan fingerprint density at radius 1 is 1.57 bits per heavy atom. The molecule has 3 atom stereocenters. The standard InChI is InChI=1S/C16H18N2O4S/c1-8-5-10(3-4-17-8)7-23-12-6-11-13(9(2)19)15(20)18(11)14(12)16(21)22/h3-5,9,11,13,19H,6-7H2,1-2H3,(H,21,22)/t9?,11-,13-/m1/s1. The van der Waals surface area contributed by atoms with Crippen LogP contribution >= 0.6 is 11.8 Å². The highest BCUT2D eigenvalue weighted by atomic mass is 32.2. The van der Waals surface area contributed by atoms with Crippen LogP contribution < -0.4 is 0 Å². The largest absolute Gasteiger partial charge is 0.477 e. The Morgan fingerprint density at radius 3 is 2.91 bits per heavy atom. The average molecular weight is 334 g/mol. The lowest BCUT2D eigenvalue weighted by Crippen LogP contribution is -2.61. The summed E-state index contributed by atoms with van der Waals surface area (Å²) in [7, 11) is 0. The van der Waals surface area contributed by atoms with E-state index in [1.807, 2.05) is 19.1 Å². The van der Waals surface area contributed by atoms with Crippen LogP contribution in [0.3, 0.4) is 0 Å². The Morgan fingerprint density at radius 2 is 2.30 bits per heavy atom. The lowest BCUT2D eigenvalue weighted by molar-refractivity contribution is -0.161. The minimum Gasteiger partial charge on any atom is -0.477 e. The molecule has 3 rings (SSSR count). The van der Waals surface area contributed by atoms with E-state index in [0.29, 0.717) is 17.1 Å². The molecule has 23 heavy (non-hydrogen) atoms. The predicted molar refractivity (Wildman–Crippen MR) is 85.4 cm³/mol. The van der Waals surface area contributed by atoms with Crippen LogP contribution in [0.15, 0.2) is 28.9 Å². The molecule has 122 valence electrons. The number of carboxylic acids is 1. The lowest BCUT2D eigenvalue weighted by Gasteiger charge is -2.44. The third-order valence-corrected chi connectivity index (χ3v) is 5.45. The maximum absolute atomic E-state index is 12.1. The van der Waals surface area contributed by atoms with Gasteiger partial charge in [-0.15, -0.1) is 11.8 Å². The number of thioether (sulfide) groups is 1. The van der Waals surface area contributed by atoms with Gasteiger partial charge in [-0.25, -0.2) is 4.79 Å². The molecule has 2 aliphatic heterocycles. The average Bonchev–Trinajstić information content (AvgIpc) is 2.79. The molecule has 7 heteroatoms. The van der Waals surface area contributed by atoms with Gasteiger partial charge in [-0.2, -0.15) is 0 Å². The second-order valence-electron chi connectivity index (χ2n) is 5.92. The van der Waals surface area contributed by atoms with Crippen molar-refractivity contribution in [2.75, 3.05) is 0 Å². The number of hydrogen-bond acceptors (Lipinski definition) is 5. The summed E-state index contributed by atoms with van der Waals surface area (Å²) in [6.07, 6.45) is 1.47. The van der Waals surface area contributed by atoms with E-state index in [1.54, 1.807) is 13.1 Å². The first kappa shape index (κ1) is 16.0. The number of carbonyl (C=O) groups is 2. The summed E-state index contributed by atoms with van der Waals surface area (Å²) < 4.78 is 0. The van der Waals surface area contributed by atoms with Gasteiger partial charge in [-0.05, 0) is 31.5 Å². The highest BCUT2D eigenvalue weighted by Crippen LogP contribution is 2.47. The predicted octanol–water partition coefficient (Wildman–Crippen LogP) is 1.53. The SMILES string of the molecule is Cc1cc(CSC2=C(C(=O)O)N3C(=O)[C@H](C(C)O)[C@H]3C2)ccn1. The lowest BCUT2D eigenvalue weighted by atomic mass is 9.83. The van der Waals surface area contributed by atoms with E-state index in [4.69, 9.17) is 0 Å². The van der Waals surface area contributed by atoms with Gasteiger partial charge in [0.2, 0.25) is 5.91 Å². The van der Waals surface area contributed by atoms with Crippen molar-refractivity contribution >= 4 is 23.6 Å². The van der Waals surface area contributed by atoms with Gasteiger partial charge in [-0.1, -0.05) is 0 Å². The zero-order valence-electron chi connectivity index (χ0n) is 12.9. The van der Waals surface area contributed by atoms with Crippen molar-refractivity contribution in [3.8, 4) is 0 Å². The Balaban J connectivity index is 1.78. The Bertz CT molecular complexity index is 701. The number of nitrogens with zero attached hydrogens (tertiary/aromatic N) is 2. The number of aliphatic carboxylic acids is 1. The van der Waals surface area contributed by atoms with Gasteiger partial charge in [0.15, 0.2) is 0 Å². The topological polar surface area (TPSA) is 90.7 Å². The fraction of sp³-hybridized carbons (Fsp3) is 0.438. The number of aliphatic hydroxyl groups excluding tert-OH is 1. The molecule has 0 aromatic carbocycles. The van der Waals surface area contributed by atoms with Gasteiger partial charge >= 0.3 is 5.97 Å². The molecule has 6 nitrogen and oxygen atoms in total. The van der Waals surface area contributed by atoms with Gasteiger partial charge in [0.05, 0.1) is 18.1 Å². The van der Waals surface area contributed by atoms with Crippen LogP contribution in [0.2, 0.25) is 0 Å². The number of carboxylic acid groups (broad SMARTS) is 1. The molecule has 1 fully saturated rings. The fourth-order valence-electron chi connectivity index (χ4n) is 3.22. The number of rotatable bonds is 5. The normalized spacial score (nSPS) is 24.5. The van der Waals surface area contributed by atoms with Gasteiger partial charge in [-0.3, -0.25) is 9.78 Å².